The van der Waals surface area contributed by atoms with Gasteiger partial charge in [-0.3, -0.25) is 0 Å². The number of pyridine rings is 2. The number of hydrogen-bond acceptors (Lipinski definition) is 5. The summed E-state index contributed by atoms with van der Waals surface area (Å²) in [7, 11) is 0. The second kappa shape index (κ2) is 9.21. The van der Waals surface area contributed by atoms with Gasteiger partial charge in [0.15, 0.2) is 0 Å². The lowest BCUT2D eigenvalue weighted by atomic mass is 10.2. The van der Waals surface area contributed by atoms with E-state index in [2.05, 4.69) is 20.2 Å². The first-order chi connectivity index (χ1) is 14.7. The molecule has 30 heavy (non-hydrogen) atoms. The largest absolute Gasteiger partial charge is 0.439 e. The number of anilines is 1. The molecule has 0 radical (unpaired) electrons. The maximum atomic E-state index is 13.4. The van der Waals surface area contributed by atoms with Gasteiger partial charge in [-0.05, 0) is 30.3 Å². The van der Waals surface area contributed by atoms with Gasteiger partial charge in [0.1, 0.15) is 17.4 Å². The van der Waals surface area contributed by atoms with Crippen LogP contribution >= 0.6 is 0 Å². The maximum Gasteiger partial charge on any atom is 0.317 e. The van der Waals surface area contributed by atoms with Gasteiger partial charge in [-0.25, -0.2) is 19.2 Å². The van der Waals surface area contributed by atoms with Gasteiger partial charge in [-0.1, -0.05) is 18.2 Å². The molecule has 1 aromatic carbocycles. The van der Waals surface area contributed by atoms with Crippen LogP contribution in [0.4, 0.5) is 15.0 Å². The van der Waals surface area contributed by atoms with Crippen LogP contribution in [-0.2, 0) is 6.54 Å². The summed E-state index contributed by atoms with van der Waals surface area (Å²) in [5.74, 6) is 1.23. The fourth-order valence-corrected chi connectivity index (χ4v) is 3.25. The highest BCUT2D eigenvalue weighted by Crippen LogP contribution is 2.23. The van der Waals surface area contributed by atoms with Gasteiger partial charge in [0, 0.05) is 56.7 Å². The van der Waals surface area contributed by atoms with Crippen LogP contribution in [0, 0.1) is 5.82 Å². The number of nitrogens with zero attached hydrogens (tertiary/aromatic N) is 4. The van der Waals surface area contributed by atoms with E-state index >= 15 is 0 Å². The number of nitrogens with one attached hydrogen (secondary N) is 1. The normalized spacial score (nSPS) is 13.8. The van der Waals surface area contributed by atoms with Crippen LogP contribution in [0.3, 0.4) is 0 Å². The van der Waals surface area contributed by atoms with Crippen molar-refractivity contribution in [2.24, 2.45) is 0 Å². The lowest BCUT2D eigenvalue weighted by Crippen LogP contribution is -2.51. The second-order valence-electron chi connectivity index (χ2n) is 6.85. The fraction of sp³-hybridized carbons (Fsp3) is 0.227. The number of carbonyl (C=O) groups excluding carboxylic acids is 1. The highest BCUT2D eigenvalue weighted by molar-refractivity contribution is 5.74. The Bertz CT molecular complexity index is 994. The van der Waals surface area contributed by atoms with Crippen LogP contribution in [0.15, 0.2) is 67.0 Å². The van der Waals surface area contributed by atoms with Gasteiger partial charge in [0.2, 0.25) is 5.88 Å². The van der Waals surface area contributed by atoms with Crippen molar-refractivity contribution in [3.05, 3.63) is 78.4 Å². The predicted octanol–water partition coefficient (Wildman–Crippen LogP) is 3.44. The molecule has 1 saturated heterocycles. The van der Waals surface area contributed by atoms with E-state index in [1.54, 1.807) is 35.5 Å². The third-order valence-corrected chi connectivity index (χ3v) is 4.83. The minimum absolute atomic E-state index is 0.142. The molecule has 3 heterocycles. The number of aromatic nitrogens is 2. The number of benzene rings is 1. The Morgan fingerprint density at radius 1 is 1.00 bits per heavy atom. The van der Waals surface area contributed by atoms with E-state index in [0.717, 1.165) is 18.9 Å². The van der Waals surface area contributed by atoms with E-state index in [4.69, 9.17) is 4.74 Å². The molecule has 1 fully saturated rings. The Morgan fingerprint density at radius 2 is 1.83 bits per heavy atom. The van der Waals surface area contributed by atoms with E-state index in [9.17, 15) is 9.18 Å². The first-order valence-corrected chi connectivity index (χ1v) is 9.75. The molecule has 1 N–H and O–H groups in total. The average molecular weight is 407 g/mol. The van der Waals surface area contributed by atoms with Crippen LogP contribution in [0.1, 0.15) is 5.56 Å². The van der Waals surface area contributed by atoms with Crippen molar-refractivity contribution in [2.45, 2.75) is 6.54 Å². The Labute approximate surface area is 174 Å². The van der Waals surface area contributed by atoms with Crippen LogP contribution in [0.25, 0.3) is 0 Å². The summed E-state index contributed by atoms with van der Waals surface area (Å²) in [6.07, 6.45) is 3.36. The molecule has 0 bridgehead atoms. The van der Waals surface area contributed by atoms with Crippen molar-refractivity contribution in [1.29, 1.82) is 0 Å². The van der Waals surface area contributed by atoms with Crippen LogP contribution in [0.2, 0.25) is 0 Å². The van der Waals surface area contributed by atoms with Crippen molar-refractivity contribution >= 4 is 11.8 Å². The monoisotopic (exact) mass is 407 g/mol. The third-order valence-electron chi connectivity index (χ3n) is 4.83. The summed E-state index contributed by atoms with van der Waals surface area (Å²) in [5.41, 5.74) is 0.710. The molecule has 2 aromatic heterocycles. The van der Waals surface area contributed by atoms with Crippen LogP contribution < -0.4 is 15.0 Å². The van der Waals surface area contributed by atoms with Crippen molar-refractivity contribution in [2.75, 3.05) is 31.1 Å². The third kappa shape index (κ3) is 4.83. The van der Waals surface area contributed by atoms with Crippen molar-refractivity contribution < 1.29 is 13.9 Å². The van der Waals surface area contributed by atoms with Gasteiger partial charge in [-0.2, -0.15) is 0 Å². The molecule has 3 aromatic rings. The molecule has 1 aliphatic heterocycles. The highest BCUT2D eigenvalue weighted by Gasteiger charge is 2.22. The molecule has 0 aliphatic carbocycles. The summed E-state index contributed by atoms with van der Waals surface area (Å²) in [6, 6.07) is 15.1. The molecule has 7 nitrogen and oxygen atoms in total. The molecule has 0 saturated carbocycles. The Hall–Kier alpha value is -3.68. The summed E-state index contributed by atoms with van der Waals surface area (Å²) >= 11 is 0. The SMILES string of the molecule is O=C(NCc1cccnc1Oc1cccc(F)c1)N1CCN(c2ccccn2)CC1. The number of piperazine rings is 1. The first-order valence-electron chi connectivity index (χ1n) is 9.75. The fourth-order valence-electron chi connectivity index (χ4n) is 3.25. The molecule has 8 heteroatoms. The van der Waals surface area contributed by atoms with E-state index < -0.39 is 0 Å². The van der Waals surface area contributed by atoms with Crippen molar-refractivity contribution in [3.63, 3.8) is 0 Å². The zero-order chi connectivity index (χ0) is 20.8. The molecular formula is C22H22FN5O2. The lowest BCUT2D eigenvalue weighted by Gasteiger charge is -2.35. The number of ether oxygens (including phenoxy) is 1. The van der Waals surface area contributed by atoms with E-state index in [0.29, 0.717) is 30.3 Å². The van der Waals surface area contributed by atoms with Gasteiger partial charge < -0.3 is 19.9 Å². The number of hydrogen-bond donors (Lipinski definition) is 1. The van der Waals surface area contributed by atoms with Gasteiger partial charge in [-0.15, -0.1) is 0 Å². The van der Waals surface area contributed by atoms with E-state index in [1.165, 1.54) is 12.1 Å². The topological polar surface area (TPSA) is 70.6 Å². The average Bonchev–Trinajstić information content (AvgIpc) is 2.79. The summed E-state index contributed by atoms with van der Waals surface area (Å²) in [6.45, 7) is 2.94. The van der Waals surface area contributed by atoms with Crippen LogP contribution in [0.5, 0.6) is 11.6 Å². The van der Waals surface area contributed by atoms with Crippen molar-refractivity contribution in [1.82, 2.24) is 20.2 Å². The summed E-state index contributed by atoms with van der Waals surface area (Å²) < 4.78 is 19.1. The minimum Gasteiger partial charge on any atom is -0.439 e. The van der Waals surface area contributed by atoms with Crippen LogP contribution in [-0.4, -0.2) is 47.1 Å². The molecule has 154 valence electrons. The second-order valence-corrected chi connectivity index (χ2v) is 6.85. The van der Waals surface area contributed by atoms with Gasteiger partial charge >= 0.3 is 6.03 Å². The lowest BCUT2D eigenvalue weighted by molar-refractivity contribution is 0.193. The molecule has 0 unspecified atom stereocenters. The van der Waals surface area contributed by atoms with E-state index in [-0.39, 0.29) is 18.4 Å². The summed E-state index contributed by atoms with van der Waals surface area (Å²) in [4.78, 5) is 25.1. The number of rotatable bonds is 5. The Kier molecular flexibility index (Phi) is 6.03. The predicted molar refractivity (Wildman–Crippen MR) is 111 cm³/mol. The Morgan fingerprint density at radius 3 is 2.60 bits per heavy atom. The highest BCUT2D eigenvalue weighted by atomic mass is 19.1. The molecular weight excluding hydrogens is 385 g/mol. The quantitative estimate of drug-likeness (QED) is 0.702. The molecule has 2 amide bonds. The van der Waals surface area contributed by atoms with E-state index in [1.807, 2.05) is 24.3 Å². The Balaban J connectivity index is 1.32. The number of carbonyl (C=O) groups is 1. The number of amides is 2. The van der Waals surface area contributed by atoms with Crippen molar-refractivity contribution in [3.8, 4) is 11.6 Å². The molecule has 0 atom stereocenters. The van der Waals surface area contributed by atoms with Gasteiger partial charge in [0.25, 0.3) is 0 Å². The number of halogens is 1. The summed E-state index contributed by atoms with van der Waals surface area (Å²) in [5, 5.41) is 2.92. The zero-order valence-electron chi connectivity index (χ0n) is 16.4. The number of urea groups is 1. The standard InChI is InChI=1S/C22H22FN5O2/c23-18-6-3-7-19(15-18)30-21-17(5-4-10-25-21)16-26-22(29)28-13-11-27(12-14-28)20-8-1-2-9-24-20/h1-10,15H,11-14,16H2,(H,26,29). The maximum absolute atomic E-state index is 13.4. The molecule has 0 spiro atoms. The molecule has 1 aliphatic rings. The zero-order valence-corrected chi connectivity index (χ0v) is 16.4. The first kappa shape index (κ1) is 19.6. The minimum atomic E-state index is -0.386. The smallest absolute Gasteiger partial charge is 0.317 e. The van der Waals surface area contributed by atoms with Gasteiger partial charge in [0.05, 0.1) is 0 Å². The molecule has 4 rings (SSSR count).